The average molecular weight is 238 g/mol. The molecule has 0 aromatic rings. The number of hydrogen-bond acceptors (Lipinski definition) is 2. The van der Waals surface area contributed by atoms with Crippen molar-refractivity contribution in [2.75, 3.05) is 13.1 Å². The summed E-state index contributed by atoms with van der Waals surface area (Å²) in [6, 6.07) is 1.65. The van der Waals surface area contributed by atoms with E-state index < -0.39 is 0 Å². The second-order valence-electron chi connectivity index (χ2n) is 6.32. The van der Waals surface area contributed by atoms with Crippen LogP contribution in [0, 0.1) is 11.8 Å². The topological polar surface area (TPSA) is 29.3 Å². The van der Waals surface area contributed by atoms with Crippen LogP contribution in [0.15, 0.2) is 0 Å². The van der Waals surface area contributed by atoms with Crippen molar-refractivity contribution in [1.29, 1.82) is 0 Å². The summed E-state index contributed by atoms with van der Waals surface area (Å²) in [6.45, 7) is 6.92. The molecule has 0 radical (unpaired) electrons. The zero-order valence-corrected chi connectivity index (χ0v) is 11.7. The van der Waals surface area contributed by atoms with Crippen LogP contribution in [0.5, 0.6) is 0 Å². The lowest BCUT2D eigenvalue weighted by Gasteiger charge is -2.45. The summed E-state index contributed by atoms with van der Waals surface area (Å²) in [5, 5.41) is 0. The van der Waals surface area contributed by atoms with E-state index in [1.54, 1.807) is 0 Å². The van der Waals surface area contributed by atoms with Crippen LogP contribution in [0.2, 0.25) is 0 Å². The molecule has 17 heavy (non-hydrogen) atoms. The van der Waals surface area contributed by atoms with E-state index in [9.17, 15) is 0 Å². The Morgan fingerprint density at radius 3 is 2.65 bits per heavy atom. The summed E-state index contributed by atoms with van der Waals surface area (Å²) < 4.78 is 0. The third-order valence-electron chi connectivity index (χ3n) is 5.16. The molecule has 1 aliphatic carbocycles. The van der Waals surface area contributed by atoms with Crippen LogP contribution >= 0.6 is 0 Å². The van der Waals surface area contributed by atoms with Crippen LogP contribution in [-0.4, -0.2) is 30.1 Å². The maximum atomic E-state index is 5.87. The summed E-state index contributed by atoms with van der Waals surface area (Å²) in [5.41, 5.74) is 5.87. The number of nitrogens with two attached hydrogens (primary N) is 1. The minimum absolute atomic E-state index is 0.758. The van der Waals surface area contributed by atoms with Gasteiger partial charge in [-0.25, -0.2) is 0 Å². The Labute approximate surface area is 107 Å². The lowest BCUT2D eigenvalue weighted by molar-refractivity contribution is 0.0428. The molecule has 1 saturated carbocycles. The molecular weight excluding hydrogens is 208 g/mol. The highest BCUT2D eigenvalue weighted by molar-refractivity contribution is 4.87. The van der Waals surface area contributed by atoms with Gasteiger partial charge in [-0.1, -0.05) is 26.2 Å². The van der Waals surface area contributed by atoms with E-state index in [-0.39, 0.29) is 0 Å². The lowest BCUT2D eigenvalue weighted by atomic mass is 9.81. The summed E-state index contributed by atoms with van der Waals surface area (Å²) in [4.78, 5) is 2.79. The van der Waals surface area contributed by atoms with Crippen molar-refractivity contribution >= 4 is 0 Å². The molecule has 2 N–H and O–H groups in total. The highest BCUT2D eigenvalue weighted by Gasteiger charge is 2.32. The van der Waals surface area contributed by atoms with Gasteiger partial charge in [-0.15, -0.1) is 0 Å². The molecule has 2 heteroatoms. The van der Waals surface area contributed by atoms with Crippen LogP contribution < -0.4 is 5.73 Å². The highest BCUT2D eigenvalue weighted by Crippen LogP contribution is 2.33. The molecular formula is C15H30N2. The SMILES string of the molecule is CCC1CCCC(N2CC(CN)CCC2C)C1. The number of likely N-dealkylation sites (tertiary alicyclic amines) is 1. The molecule has 1 heterocycles. The Morgan fingerprint density at radius 1 is 1.12 bits per heavy atom. The Hall–Kier alpha value is -0.0800. The van der Waals surface area contributed by atoms with Gasteiger partial charge in [-0.2, -0.15) is 0 Å². The zero-order chi connectivity index (χ0) is 12.3. The number of rotatable bonds is 3. The molecule has 0 bridgehead atoms. The van der Waals surface area contributed by atoms with Crippen molar-refractivity contribution in [1.82, 2.24) is 4.90 Å². The second kappa shape index (κ2) is 6.19. The minimum Gasteiger partial charge on any atom is -0.330 e. The van der Waals surface area contributed by atoms with E-state index in [0.29, 0.717) is 0 Å². The first-order valence-electron chi connectivity index (χ1n) is 7.70. The van der Waals surface area contributed by atoms with E-state index >= 15 is 0 Å². The fourth-order valence-corrected chi connectivity index (χ4v) is 3.85. The smallest absolute Gasteiger partial charge is 0.0101 e. The number of hydrogen-bond donors (Lipinski definition) is 1. The van der Waals surface area contributed by atoms with Crippen molar-refractivity contribution < 1.29 is 0 Å². The maximum absolute atomic E-state index is 5.87. The van der Waals surface area contributed by atoms with Gasteiger partial charge >= 0.3 is 0 Å². The lowest BCUT2D eigenvalue weighted by Crippen LogP contribution is -2.50. The number of nitrogens with zero attached hydrogens (tertiary/aromatic N) is 1. The molecule has 0 amide bonds. The summed E-state index contributed by atoms with van der Waals surface area (Å²) >= 11 is 0. The highest BCUT2D eigenvalue weighted by atomic mass is 15.2. The van der Waals surface area contributed by atoms with Gasteiger partial charge in [-0.3, -0.25) is 4.90 Å². The molecule has 4 atom stereocenters. The van der Waals surface area contributed by atoms with Gasteiger partial charge in [0, 0.05) is 18.6 Å². The predicted molar refractivity (Wildman–Crippen MR) is 74.0 cm³/mol. The predicted octanol–water partition coefficient (Wildman–Crippen LogP) is 3.01. The monoisotopic (exact) mass is 238 g/mol. The normalized spacial score (nSPS) is 40.4. The van der Waals surface area contributed by atoms with Crippen LogP contribution in [0.3, 0.4) is 0 Å². The summed E-state index contributed by atoms with van der Waals surface area (Å²) in [7, 11) is 0. The standard InChI is InChI=1S/C15H30N2/c1-3-13-5-4-6-15(9-13)17-11-14(10-16)8-7-12(17)2/h12-15H,3-11,16H2,1-2H3. The molecule has 0 aromatic carbocycles. The molecule has 1 saturated heterocycles. The molecule has 0 aromatic heterocycles. The van der Waals surface area contributed by atoms with Crippen molar-refractivity contribution in [3.8, 4) is 0 Å². The van der Waals surface area contributed by atoms with Gasteiger partial charge in [0.15, 0.2) is 0 Å². The van der Waals surface area contributed by atoms with Gasteiger partial charge in [0.25, 0.3) is 0 Å². The Morgan fingerprint density at radius 2 is 1.94 bits per heavy atom. The quantitative estimate of drug-likeness (QED) is 0.819. The van der Waals surface area contributed by atoms with E-state index in [1.807, 2.05) is 0 Å². The molecule has 1 aliphatic heterocycles. The first-order chi connectivity index (χ1) is 8.24. The van der Waals surface area contributed by atoms with Crippen molar-refractivity contribution in [2.45, 2.75) is 70.9 Å². The van der Waals surface area contributed by atoms with Gasteiger partial charge < -0.3 is 5.73 Å². The Bertz CT molecular complexity index is 229. The molecule has 2 nitrogen and oxygen atoms in total. The second-order valence-corrected chi connectivity index (χ2v) is 6.32. The Balaban J connectivity index is 1.94. The molecule has 0 spiro atoms. The fraction of sp³-hybridized carbons (Fsp3) is 1.00. The van der Waals surface area contributed by atoms with E-state index in [2.05, 4.69) is 18.7 Å². The molecule has 4 unspecified atom stereocenters. The molecule has 2 aliphatic rings. The van der Waals surface area contributed by atoms with Gasteiger partial charge in [0.05, 0.1) is 0 Å². The minimum atomic E-state index is 0.758. The third kappa shape index (κ3) is 3.23. The Kier molecular flexibility index (Phi) is 4.87. The maximum Gasteiger partial charge on any atom is 0.0101 e. The van der Waals surface area contributed by atoms with Crippen molar-refractivity contribution in [3.05, 3.63) is 0 Å². The summed E-state index contributed by atoms with van der Waals surface area (Å²) in [5.74, 6) is 1.74. The van der Waals surface area contributed by atoms with Crippen molar-refractivity contribution in [2.24, 2.45) is 17.6 Å². The average Bonchev–Trinajstić information content (AvgIpc) is 2.39. The van der Waals surface area contributed by atoms with Crippen molar-refractivity contribution in [3.63, 3.8) is 0 Å². The van der Waals surface area contributed by atoms with E-state index in [0.717, 1.165) is 30.5 Å². The van der Waals surface area contributed by atoms with E-state index in [4.69, 9.17) is 5.73 Å². The first-order valence-corrected chi connectivity index (χ1v) is 7.70. The molecule has 2 rings (SSSR count). The molecule has 2 fully saturated rings. The van der Waals surface area contributed by atoms with E-state index in [1.165, 1.54) is 51.5 Å². The van der Waals surface area contributed by atoms with Gasteiger partial charge in [0.2, 0.25) is 0 Å². The summed E-state index contributed by atoms with van der Waals surface area (Å²) in [6.07, 6.45) is 9.86. The van der Waals surface area contributed by atoms with Crippen LogP contribution in [0.25, 0.3) is 0 Å². The van der Waals surface area contributed by atoms with Crippen LogP contribution in [-0.2, 0) is 0 Å². The first kappa shape index (κ1) is 13.4. The zero-order valence-electron chi connectivity index (χ0n) is 11.7. The third-order valence-corrected chi connectivity index (χ3v) is 5.16. The largest absolute Gasteiger partial charge is 0.330 e. The van der Waals surface area contributed by atoms with Gasteiger partial charge in [-0.05, 0) is 51.0 Å². The molecule has 100 valence electrons. The van der Waals surface area contributed by atoms with Gasteiger partial charge in [0.1, 0.15) is 0 Å². The fourth-order valence-electron chi connectivity index (χ4n) is 3.85. The number of piperidine rings is 1. The van der Waals surface area contributed by atoms with Crippen LogP contribution in [0.4, 0.5) is 0 Å². The van der Waals surface area contributed by atoms with Crippen LogP contribution in [0.1, 0.15) is 58.8 Å².